The average Bonchev–Trinajstić information content (AvgIpc) is 2.53. The van der Waals surface area contributed by atoms with Crippen molar-refractivity contribution in [1.82, 2.24) is 14.9 Å². The van der Waals surface area contributed by atoms with Crippen LogP contribution >= 0.6 is 0 Å². The van der Waals surface area contributed by atoms with Crippen LogP contribution in [-0.2, 0) is 4.79 Å². The maximum atomic E-state index is 12.1. The maximum Gasteiger partial charge on any atom is 0.490 e. The molecule has 11 heteroatoms. The summed E-state index contributed by atoms with van der Waals surface area (Å²) < 4.78 is 31.7. The van der Waals surface area contributed by atoms with Crippen molar-refractivity contribution >= 4 is 22.8 Å². The Labute approximate surface area is 145 Å². The molecule has 0 radical (unpaired) electrons. The van der Waals surface area contributed by atoms with Crippen molar-refractivity contribution in [2.24, 2.45) is 5.73 Å². The summed E-state index contributed by atoms with van der Waals surface area (Å²) in [6.07, 6.45) is -5.08. The summed E-state index contributed by atoms with van der Waals surface area (Å²) in [6, 6.07) is 4.88. The number of carbonyl (C=O) groups excluding carboxylic acids is 1. The highest BCUT2D eigenvalue weighted by molar-refractivity contribution is 5.97. The monoisotopic (exact) mass is 374 g/mol. The third kappa shape index (κ3) is 5.55. The number of aliphatic carboxylic acids is 1. The Bertz CT molecular complexity index is 864. The molecule has 0 unspecified atom stereocenters. The van der Waals surface area contributed by atoms with Crippen LogP contribution in [0, 0.1) is 6.92 Å². The van der Waals surface area contributed by atoms with Crippen LogP contribution in [0.25, 0.3) is 10.9 Å². The van der Waals surface area contributed by atoms with Crippen molar-refractivity contribution in [3.8, 4) is 0 Å². The Hall–Kier alpha value is -2.95. The predicted molar refractivity (Wildman–Crippen MR) is 86.8 cm³/mol. The van der Waals surface area contributed by atoms with Gasteiger partial charge in [0, 0.05) is 25.7 Å². The lowest BCUT2D eigenvalue weighted by Gasteiger charge is -2.16. The first-order valence-electron chi connectivity index (χ1n) is 7.23. The van der Waals surface area contributed by atoms with Crippen molar-refractivity contribution in [1.29, 1.82) is 0 Å². The van der Waals surface area contributed by atoms with Gasteiger partial charge in [-0.2, -0.15) is 13.2 Å². The van der Waals surface area contributed by atoms with Crippen molar-refractivity contribution < 1.29 is 27.9 Å². The number of benzene rings is 1. The number of nitrogens with two attached hydrogens (primary N) is 1. The minimum Gasteiger partial charge on any atom is -0.475 e. The molecule has 0 fully saturated rings. The van der Waals surface area contributed by atoms with E-state index in [4.69, 9.17) is 15.6 Å². The second-order valence-corrected chi connectivity index (χ2v) is 5.20. The molecule has 0 aliphatic heterocycles. The molecular weight excluding hydrogens is 357 g/mol. The van der Waals surface area contributed by atoms with Gasteiger partial charge in [-0.15, -0.1) is 0 Å². The zero-order chi connectivity index (χ0) is 20.1. The number of nitrogens with one attached hydrogen (secondary N) is 1. The molecule has 1 aromatic heterocycles. The first-order valence-corrected chi connectivity index (χ1v) is 7.23. The lowest BCUT2D eigenvalue weighted by Crippen LogP contribution is -2.31. The average molecular weight is 374 g/mol. The van der Waals surface area contributed by atoms with Gasteiger partial charge >= 0.3 is 12.1 Å². The topological polar surface area (TPSA) is 129 Å². The summed E-state index contributed by atoms with van der Waals surface area (Å²) in [5, 5.41) is 7.60. The largest absolute Gasteiger partial charge is 0.490 e. The van der Waals surface area contributed by atoms with Gasteiger partial charge in [-0.05, 0) is 25.1 Å². The third-order valence-electron chi connectivity index (χ3n) is 3.13. The second-order valence-electron chi connectivity index (χ2n) is 5.20. The highest BCUT2D eigenvalue weighted by Crippen LogP contribution is 2.13. The number of alkyl halides is 3. The lowest BCUT2D eigenvalue weighted by atomic mass is 10.1. The second kappa shape index (κ2) is 8.43. The third-order valence-corrected chi connectivity index (χ3v) is 3.13. The molecule has 1 heterocycles. The van der Waals surface area contributed by atoms with Crippen LogP contribution in [0.15, 0.2) is 23.0 Å². The van der Waals surface area contributed by atoms with E-state index in [2.05, 4.69) is 9.97 Å². The van der Waals surface area contributed by atoms with Crippen molar-refractivity contribution in [2.45, 2.75) is 13.1 Å². The molecule has 2 rings (SSSR count). The Balaban J connectivity index is 0.000000412. The number of aromatic nitrogens is 2. The van der Waals surface area contributed by atoms with E-state index in [0.29, 0.717) is 35.4 Å². The van der Waals surface area contributed by atoms with Crippen LogP contribution in [-0.4, -0.2) is 58.2 Å². The molecule has 0 spiro atoms. The van der Waals surface area contributed by atoms with E-state index in [-0.39, 0.29) is 11.5 Å². The van der Waals surface area contributed by atoms with E-state index in [9.17, 15) is 22.8 Å². The number of amides is 1. The molecule has 0 atom stereocenters. The first kappa shape index (κ1) is 21.1. The van der Waals surface area contributed by atoms with Crippen molar-refractivity contribution in [3.63, 3.8) is 0 Å². The number of aryl methyl sites for hydroxylation is 1. The van der Waals surface area contributed by atoms with E-state index < -0.39 is 12.1 Å². The number of halogens is 3. The molecule has 2 aromatic rings. The number of likely N-dealkylation sites (N-methyl/N-ethyl adjacent to an activating group) is 1. The van der Waals surface area contributed by atoms with Gasteiger partial charge in [-0.1, -0.05) is 0 Å². The molecule has 0 aliphatic rings. The summed E-state index contributed by atoms with van der Waals surface area (Å²) in [5.41, 5.74) is 6.25. The molecule has 0 saturated carbocycles. The number of carboxylic acids is 1. The Morgan fingerprint density at radius 1 is 1.35 bits per heavy atom. The van der Waals surface area contributed by atoms with E-state index in [1.807, 2.05) is 0 Å². The van der Waals surface area contributed by atoms with Gasteiger partial charge in [-0.3, -0.25) is 9.59 Å². The summed E-state index contributed by atoms with van der Waals surface area (Å²) in [6.45, 7) is 2.60. The van der Waals surface area contributed by atoms with Gasteiger partial charge in [-0.25, -0.2) is 9.78 Å². The number of rotatable bonds is 3. The highest BCUT2D eigenvalue weighted by atomic mass is 19.4. The molecule has 4 N–H and O–H groups in total. The molecular formula is C15H17F3N4O4. The fraction of sp³-hybridized carbons (Fsp3) is 0.333. The summed E-state index contributed by atoms with van der Waals surface area (Å²) >= 11 is 0. The fourth-order valence-electron chi connectivity index (χ4n) is 1.91. The molecule has 26 heavy (non-hydrogen) atoms. The number of nitrogens with zero attached hydrogens (tertiary/aromatic N) is 2. The molecule has 0 bridgehead atoms. The Morgan fingerprint density at radius 3 is 2.42 bits per heavy atom. The minimum atomic E-state index is -5.08. The number of hydrogen-bond acceptors (Lipinski definition) is 5. The van der Waals surface area contributed by atoms with Crippen LogP contribution in [0.1, 0.15) is 16.2 Å². The summed E-state index contributed by atoms with van der Waals surface area (Å²) in [7, 11) is 1.69. The normalized spacial score (nSPS) is 10.8. The first-order chi connectivity index (χ1) is 12.0. The maximum absolute atomic E-state index is 12.1. The van der Waals surface area contributed by atoms with Crippen molar-refractivity contribution in [2.75, 3.05) is 20.1 Å². The zero-order valence-corrected chi connectivity index (χ0v) is 13.9. The standard InChI is InChI=1S/C13H16N4O2.C2HF3O2/c1-8-15-11-7-9(13(19)17(2)6-5-14)3-4-10(11)12(18)16-8;3-2(4,5)1(6)7/h3-4,7H,5-6,14H2,1-2H3,(H,15,16,18);(H,6,7). The van der Waals surface area contributed by atoms with Gasteiger partial charge in [0.15, 0.2) is 0 Å². The highest BCUT2D eigenvalue weighted by Gasteiger charge is 2.38. The van der Waals surface area contributed by atoms with Crippen LogP contribution in [0.2, 0.25) is 0 Å². The number of hydrogen-bond donors (Lipinski definition) is 3. The summed E-state index contributed by atoms with van der Waals surface area (Å²) in [4.78, 5) is 41.1. The quantitative estimate of drug-likeness (QED) is 0.732. The predicted octanol–water partition coefficient (Wildman–Crippen LogP) is 0.896. The number of carboxylic acid groups (broad SMARTS) is 1. The van der Waals surface area contributed by atoms with Gasteiger partial charge in [0.05, 0.1) is 10.9 Å². The lowest BCUT2D eigenvalue weighted by molar-refractivity contribution is -0.192. The van der Waals surface area contributed by atoms with Gasteiger partial charge in [0.25, 0.3) is 11.5 Å². The number of fused-ring (bicyclic) bond motifs is 1. The molecule has 1 aromatic carbocycles. The Kier molecular flexibility index (Phi) is 6.84. The minimum absolute atomic E-state index is 0.132. The smallest absolute Gasteiger partial charge is 0.475 e. The van der Waals surface area contributed by atoms with E-state index in [0.717, 1.165) is 0 Å². The Morgan fingerprint density at radius 2 is 1.92 bits per heavy atom. The van der Waals surface area contributed by atoms with E-state index in [1.165, 1.54) is 0 Å². The van der Waals surface area contributed by atoms with E-state index >= 15 is 0 Å². The van der Waals surface area contributed by atoms with Crippen LogP contribution in [0.3, 0.4) is 0 Å². The van der Waals surface area contributed by atoms with Gasteiger partial charge in [0.1, 0.15) is 5.82 Å². The summed E-state index contributed by atoms with van der Waals surface area (Å²) in [5.74, 6) is -2.36. The van der Waals surface area contributed by atoms with Crippen LogP contribution < -0.4 is 11.3 Å². The van der Waals surface area contributed by atoms with Gasteiger partial charge in [0.2, 0.25) is 0 Å². The molecule has 0 aliphatic carbocycles. The van der Waals surface area contributed by atoms with Crippen LogP contribution in [0.5, 0.6) is 0 Å². The number of H-pyrrole nitrogens is 1. The number of aromatic amines is 1. The number of carbonyl (C=O) groups is 2. The zero-order valence-electron chi connectivity index (χ0n) is 13.9. The SMILES string of the molecule is Cc1nc2cc(C(=O)N(C)CCN)ccc2c(=O)[nH]1.O=C(O)C(F)(F)F. The fourth-order valence-corrected chi connectivity index (χ4v) is 1.91. The van der Waals surface area contributed by atoms with Crippen molar-refractivity contribution in [3.05, 3.63) is 39.9 Å². The molecule has 142 valence electrons. The molecule has 8 nitrogen and oxygen atoms in total. The molecule has 1 amide bonds. The van der Waals surface area contributed by atoms with Crippen LogP contribution in [0.4, 0.5) is 13.2 Å². The molecule has 0 saturated heterocycles. The van der Waals surface area contributed by atoms with E-state index in [1.54, 1.807) is 37.1 Å². The van der Waals surface area contributed by atoms with Gasteiger partial charge < -0.3 is 20.7 Å².